The summed E-state index contributed by atoms with van der Waals surface area (Å²) in [4.78, 5) is 0. The van der Waals surface area contributed by atoms with E-state index in [0.29, 0.717) is 0 Å². The van der Waals surface area contributed by atoms with Gasteiger partial charge < -0.3 is 0 Å². The highest BCUT2D eigenvalue weighted by atomic mass is 15.3. The molecule has 1 aliphatic heterocycles. The number of hydrogen-bond acceptors (Lipinski definition) is 2. The van der Waals surface area contributed by atoms with Gasteiger partial charge in [0, 0.05) is 6.21 Å². The highest BCUT2D eigenvalue weighted by molar-refractivity contribution is 6.33. The van der Waals surface area contributed by atoms with Gasteiger partial charge in [-0.2, -0.15) is 5.10 Å². The summed E-state index contributed by atoms with van der Waals surface area (Å²) in [6.07, 6.45) is 5.68. The fourth-order valence-electron chi connectivity index (χ4n) is 4.60. The Balaban J connectivity index is 0.000000143. The van der Waals surface area contributed by atoms with Crippen molar-refractivity contribution in [3.05, 3.63) is 109 Å². The predicted molar refractivity (Wildman–Crippen MR) is 135 cm³/mol. The largest absolute Gasteiger partial charge is 0.278 e. The highest BCUT2D eigenvalue weighted by Gasteiger charge is 2.11. The molecule has 2 nitrogen and oxygen atoms in total. The predicted octanol–water partition coefficient (Wildman–Crippen LogP) is 7.85. The molecular weight excluding hydrogens is 376 g/mol. The molecular formula is C29H20N2. The third-order valence-electron chi connectivity index (χ3n) is 5.98. The first-order chi connectivity index (χ1) is 15.4. The monoisotopic (exact) mass is 396 g/mol. The van der Waals surface area contributed by atoms with Gasteiger partial charge in [0.2, 0.25) is 0 Å². The zero-order valence-corrected chi connectivity index (χ0v) is 16.9. The van der Waals surface area contributed by atoms with E-state index in [-0.39, 0.29) is 0 Å². The van der Waals surface area contributed by atoms with Crippen molar-refractivity contribution in [2.75, 3.05) is 5.43 Å². The normalized spacial score (nSPS) is 12.5. The van der Waals surface area contributed by atoms with Crippen LogP contribution in [0.25, 0.3) is 49.2 Å². The van der Waals surface area contributed by atoms with Crippen molar-refractivity contribution in [1.29, 1.82) is 0 Å². The molecule has 0 aromatic heterocycles. The van der Waals surface area contributed by atoms with Crippen molar-refractivity contribution in [3.63, 3.8) is 0 Å². The van der Waals surface area contributed by atoms with Gasteiger partial charge >= 0.3 is 0 Å². The summed E-state index contributed by atoms with van der Waals surface area (Å²) in [5.41, 5.74) is 5.16. The maximum atomic E-state index is 3.95. The van der Waals surface area contributed by atoms with Crippen LogP contribution in [0.15, 0.2) is 108 Å². The summed E-state index contributed by atoms with van der Waals surface area (Å²) in [7, 11) is 0. The summed E-state index contributed by atoms with van der Waals surface area (Å²) >= 11 is 0. The quantitative estimate of drug-likeness (QED) is 0.205. The number of nitrogens with zero attached hydrogens (tertiary/aromatic N) is 1. The zero-order chi connectivity index (χ0) is 20.6. The molecule has 31 heavy (non-hydrogen) atoms. The topological polar surface area (TPSA) is 24.4 Å². The lowest BCUT2D eigenvalue weighted by Crippen LogP contribution is -1.87. The number of hydrazone groups is 1. The lowest BCUT2D eigenvalue weighted by Gasteiger charge is -2.14. The standard InChI is InChI=1S/C20H12.C9H8N2/c1-2-8-16-15(7-1)17-9-3-5-13-11-12-14-6-4-10-18(16)20(14)19(13)17;1-2-6-9-8(4-1)5-3-7-10-11-9/h1-12H;1-7,11H. The van der Waals surface area contributed by atoms with E-state index < -0.39 is 0 Å². The van der Waals surface area contributed by atoms with Gasteiger partial charge in [-0.25, -0.2) is 0 Å². The van der Waals surface area contributed by atoms with E-state index in [2.05, 4.69) is 83.3 Å². The fraction of sp³-hybridized carbons (Fsp3) is 0. The fourth-order valence-corrected chi connectivity index (χ4v) is 4.60. The van der Waals surface area contributed by atoms with Gasteiger partial charge in [0.1, 0.15) is 0 Å². The molecule has 0 aliphatic carbocycles. The Morgan fingerprint density at radius 3 is 1.77 bits per heavy atom. The Hall–Kier alpha value is -4.17. The minimum atomic E-state index is 1.05. The summed E-state index contributed by atoms with van der Waals surface area (Å²) < 4.78 is 0. The number of hydrogen-bond donors (Lipinski definition) is 1. The van der Waals surface area contributed by atoms with E-state index in [0.717, 1.165) is 5.69 Å². The Bertz CT molecular complexity index is 1520. The van der Waals surface area contributed by atoms with Gasteiger partial charge in [-0.1, -0.05) is 97.1 Å². The van der Waals surface area contributed by atoms with Gasteiger partial charge in [0.15, 0.2) is 0 Å². The molecule has 6 aromatic rings. The van der Waals surface area contributed by atoms with E-state index in [1.54, 1.807) is 6.21 Å². The highest BCUT2D eigenvalue weighted by Crippen LogP contribution is 2.40. The second-order valence-electron chi connectivity index (χ2n) is 7.75. The van der Waals surface area contributed by atoms with Crippen LogP contribution in [0.1, 0.15) is 5.56 Å². The molecule has 2 heteroatoms. The molecule has 0 atom stereocenters. The van der Waals surface area contributed by atoms with Gasteiger partial charge in [-0.15, -0.1) is 0 Å². The summed E-state index contributed by atoms with van der Waals surface area (Å²) in [5, 5.41) is 14.8. The SMILES string of the molecule is C1=Cc2ccccc2NN=C1.c1ccc2c(c1)c1cccc3ccc4cccc2c4c31. The van der Waals surface area contributed by atoms with Crippen molar-refractivity contribution in [3.8, 4) is 0 Å². The van der Waals surface area contributed by atoms with Gasteiger partial charge in [-0.3, -0.25) is 5.43 Å². The first-order valence-electron chi connectivity index (χ1n) is 10.5. The number of benzene rings is 6. The van der Waals surface area contributed by atoms with E-state index in [9.17, 15) is 0 Å². The van der Waals surface area contributed by atoms with Crippen LogP contribution >= 0.6 is 0 Å². The molecule has 0 amide bonds. The molecule has 1 aliphatic rings. The molecule has 0 fully saturated rings. The summed E-state index contributed by atoms with van der Waals surface area (Å²) in [5.74, 6) is 0. The van der Waals surface area contributed by atoms with Crippen LogP contribution in [0.4, 0.5) is 5.69 Å². The van der Waals surface area contributed by atoms with E-state index in [1.165, 1.54) is 48.7 Å². The number of allylic oxidation sites excluding steroid dienone is 1. The molecule has 0 spiro atoms. The molecule has 0 saturated heterocycles. The first-order valence-corrected chi connectivity index (χ1v) is 10.5. The van der Waals surface area contributed by atoms with Crippen LogP contribution in [-0.2, 0) is 0 Å². The number of nitrogens with one attached hydrogen (secondary N) is 1. The van der Waals surface area contributed by atoms with Crippen LogP contribution in [0.2, 0.25) is 0 Å². The number of anilines is 1. The van der Waals surface area contributed by atoms with Crippen LogP contribution in [0.5, 0.6) is 0 Å². The average molecular weight is 396 g/mol. The lowest BCUT2D eigenvalue weighted by atomic mass is 9.89. The van der Waals surface area contributed by atoms with E-state index in [1.807, 2.05) is 36.4 Å². The van der Waals surface area contributed by atoms with Crippen molar-refractivity contribution in [2.24, 2.45) is 5.10 Å². The van der Waals surface area contributed by atoms with Crippen LogP contribution in [0.3, 0.4) is 0 Å². The molecule has 0 bridgehead atoms. The Kier molecular flexibility index (Phi) is 4.14. The summed E-state index contributed by atoms with van der Waals surface area (Å²) in [6, 6.07) is 34.5. The van der Waals surface area contributed by atoms with Crippen LogP contribution in [-0.4, -0.2) is 6.21 Å². The van der Waals surface area contributed by atoms with Crippen molar-refractivity contribution >= 4 is 61.1 Å². The molecule has 1 N–H and O–H groups in total. The Labute approximate surface area is 180 Å². The number of fused-ring (bicyclic) bond motifs is 4. The lowest BCUT2D eigenvalue weighted by molar-refractivity contribution is 1.36. The summed E-state index contributed by atoms with van der Waals surface area (Å²) in [6.45, 7) is 0. The minimum Gasteiger partial charge on any atom is -0.278 e. The van der Waals surface area contributed by atoms with E-state index in [4.69, 9.17) is 0 Å². The third-order valence-corrected chi connectivity index (χ3v) is 5.98. The van der Waals surface area contributed by atoms with Gasteiger partial charge in [0.05, 0.1) is 5.69 Å². The molecule has 146 valence electrons. The molecule has 7 rings (SSSR count). The first kappa shape index (κ1) is 17.7. The molecule has 0 radical (unpaired) electrons. The van der Waals surface area contributed by atoms with E-state index >= 15 is 0 Å². The van der Waals surface area contributed by atoms with Crippen molar-refractivity contribution < 1.29 is 0 Å². The smallest absolute Gasteiger partial charge is 0.0634 e. The minimum absolute atomic E-state index is 1.05. The Morgan fingerprint density at radius 1 is 0.516 bits per heavy atom. The van der Waals surface area contributed by atoms with Crippen LogP contribution in [0, 0.1) is 0 Å². The van der Waals surface area contributed by atoms with Crippen LogP contribution < -0.4 is 5.43 Å². The van der Waals surface area contributed by atoms with Gasteiger partial charge in [0.25, 0.3) is 0 Å². The van der Waals surface area contributed by atoms with Gasteiger partial charge in [-0.05, 0) is 60.8 Å². The maximum Gasteiger partial charge on any atom is 0.0634 e. The number of para-hydroxylation sites is 1. The third kappa shape index (κ3) is 2.92. The molecule has 0 saturated carbocycles. The average Bonchev–Trinajstić information content (AvgIpc) is 3.09. The van der Waals surface area contributed by atoms with Crippen molar-refractivity contribution in [2.45, 2.75) is 0 Å². The molecule has 0 unspecified atom stereocenters. The maximum absolute atomic E-state index is 3.95. The molecule has 1 heterocycles. The zero-order valence-electron chi connectivity index (χ0n) is 16.9. The molecule has 6 aromatic carbocycles. The second kappa shape index (κ2) is 7.26. The van der Waals surface area contributed by atoms with Crippen molar-refractivity contribution in [1.82, 2.24) is 0 Å². The number of rotatable bonds is 0. The Morgan fingerprint density at radius 2 is 1.10 bits per heavy atom. The second-order valence-corrected chi connectivity index (χ2v) is 7.75.